The van der Waals surface area contributed by atoms with Gasteiger partial charge in [-0.15, -0.1) is 10.2 Å². The lowest BCUT2D eigenvalue weighted by Crippen LogP contribution is -2.31. The van der Waals surface area contributed by atoms with E-state index in [0.717, 1.165) is 40.9 Å². The van der Waals surface area contributed by atoms with Crippen molar-refractivity contribution in [1.29, 1.82) is 0 Å². The largest absolute Gasteiger partial charge is 0.445 e. The van der Waals surface area contributed by atoms with Gasteiger partial charge in [0.05, 0.1) is 26.4 Å². The SMILES string of the molecule is CN1Cc2c(Cl)cc(Cl)cc2[C@H](c2cccc(-c3nnc(CCOCCOCCNC(=O)OCc4ccccc4)o3)c2)C1. The van der Waals surface area contributed by atoms with Gasteiger partial charge in [-0.3, -0.25) is 0 Å². The highest BCUT2D eigenvalue weighted by molar-refractivity contribution is 6.35. The second-order valence-corrected chi connectivity index (χ2v) is 11.1. The van der Waals surface area contributed by atoms with Gasteiger partial charge in [-0.1, -0.05) is 65.7 Å². The Balaban J connectivity index is 1.02. The van der Waals surface area contributed by atoms with Gasteiger partial charge in [0, 0.05) is 47.6 Å². The first-order valence-electron chi connectivity index (χ1n) is 14.2. The van der Waals surface area contributed by atoms with E-state index in [0.29, 0.717) is 61.2 Å². The molecule has 3 aromatic carbocycles. The molecule has 1 aliphatic rings. The number of nitrogens with one attached hydrogen (secondary N) is 1. The number of halogens is 2. The molecule has 0 unspecified atom stereocenters. The summed E-state index contributed by atoms with van der Waals surface area (Å²) in [7, 11) is 2.09. The Hall–Kier alpha value is -3.47. The smallest absolute Gasteiger partial charge is 0.407 e. The van der Waals surface area contributed by atoms with E-state index < -0.39 is 6.09 Å². The van der Waals surface area contributed by atoms with Crippen LogP contribution in [0.3, 0.4) is 0 Å². The monoisotopic (exact) mass is 624 g/mol. The molecule has 1 aliphatic heterocycles. The first-order valence-corrected chi connectivity index (χ1v) is 14.9. The zero-order valence-electron chi connectivity index (χ0n) is 23.9. The van der Waals surface area contributed by atoms with Crippen molar-refractivity contribution in [3.63, 3.8) is 0 Å². The van der Waals surface area contributed by atoms with Crippen molar-refractivity contribution in [2.24, 2.45) is 0 Å². The van der Waals surface area contributed by atoms with Gasteiger partial charge >= 0.3 is 6.09 Å². The topological polar surface area (TPSA) is 99.0 Å². The van der Waals surface area contributed by atoms with Crippen LogP contribution in [0.5, 0.6) is 0 Å². The number of aromatic nitrogens is 2. The molecule has 2 heterocycles. The van der Waals surface area contributed by atoms with Crippen molar-refractivity contribution in [3.05, 3.63) is 105 Å². The van der Waals surface area contributed by atoms with Gasteiger partial charge in [-0.2, -0.15) is 0 Å². The number of hydrogen-bond acceptors (Lipinski definition) is 8. The van der Waals surface area contributed by atoms with Crippen LogP contribution in [0.2, 0.25) is 10.0 Å². The summed E-state index contributed by atoms with van der Waals surface area (Å²) in [6.45, 7) is 3.80. The van der Waals surface area contributed by atoms with Crippen molar-refractivity contribution in [2.45, 2.75) is 25.5 Å². The number of rotatable bonds is 13. The fourth-order valence-corrected chi connectivity index (χ4v) is 5.54. The molecule has 4 aromatic rings. The van der Waals surface area contributed by atoms with E-state index in [9.17, 15) is 4.79 Å². The van der Waals surface area contributed by atoms with Crippen LogP contribution in [-0.2, 0) is 33.8 Å². The summed E-state index contributed by atoms with van der Waals surface area (Å²) in [5, 5.41) is 12.4. The van der Waals surface area contributed by atoms with Crippen LogP contribution in [0.4, 0.5) is 4.79 Å². The van der Waals surface area contributed by atoms with Gasteiger partial charge in [-0.05, 0) is 53.6 Å². The molecule has 0 radical (unpaired) electrons. The highest BCUT2D eigenvalue weighted by Crippen LogP contribution is 2.39. The van der Waals surface area contributed by atoms with E-state index in [1.165, 1.54) is 0 Å². The highest BCUT2D eigenvalue weighted by Gasteiger charge is 2.27. The third kappa shape index (κ3) is 8.78. The summed E-state index contributed by atoms with van der Waals surface area (Å²) in [4.78, 5) is 14.0. The molecule has 0 spiro atoms. The molecular formula is C32H34Cl2N4O5. The second kappa shape index (κ2) is 15.3. The summed E-state index contributed by atoms with van der Waals surface area (Å²) >= 11 is 12.9. The van der Waals surface area contributed by atoms with Crippen molar-refractivity contribution in [1.82, 2.24) is 20.4 Å². The molecule has 226 valence electrons. The summed E-state index contributed by atoms with van der Waals surface area (Å²) in [5.41, 5.74) is 5.18. The van der Waals surface area contributed by atoms with E-state index in [1.54, 1.807) is 6.07 Å². The predicted molar refractivity (Wildman–Crippen MR) is 164 cm³/mol. The van der Waals surface area contributed by atoms with Crippen LogP contribution in [0.25, 0.3) is 11.5 Å². The predicted octanol–water partition coefficient (Wildman–Crippen LogP) is 6.12. The molecule has 0 bridgehead atoms. The minimum Gasteiger partial charge on any atom is -0.445 e. The number of alkyl carbamates (subject to hydrolysis) is 1. The average Bonchev–Trinajstić information content (AvgIpc) is 3.49. The standard InChI is InChI=1S/C32H34Cl2N4O5/c1-38-19-27(26-17-25(33)18-29(34)28(26)20-38)23-8-5-9-24(16-23)31-37-36-30(43-31)10-12-40-14-15-41-13-11-35-32(39)42-21-22-6-3-2-4-7-22/h2-9,16-18,27H,10-15,19-21H2,1H3,(H,35,39)/t27-/m0/s1. The lowest BCUT2D eigenvalue weighted by molar-refractivity contribution is 0.0479. The highest BCUT2D eigenvalue weighted by atomic mass is 35.5. The Morgan fingerprint density at radius 2 is 1.81 bits per heavy atom. The third-order valence-corrected chi connectivity index (χ3v) is 7.61. The maximum Gasteiger partial charge on any atom is 0.407 e. The zero-order valence-corrected chi connectivity index (χ0v) is 25.4. The maximum atomic E-state index is 11.7. The summed E-state index contributed by atoms with van der Waals surface area (Å²) < 4.78 is 22.2. The number of benzene rings is 3. The van der Waals surface area contributed by atoms with Crippen LogP contribution < -0.4 is 5.32 Å². The van der Waals surface area contributed by atoms with Crippen molar-refractivity contribution in [3.8, 4) is 11.5 Å². The molecule has 1 N–H and O–H groups in total. The molecule has 0 saturated heterocycles. The third-order valence-electron chi connectivity index (χ3n) is 7.06. The molecule has 0 aliphatic carbocycles. The Bertz CT molecular complexity index is 1500. The Morgan fingerprint density at radius 1 is 1.00 bits per heavy atom. The van der Waals surface area contributed by atoms with Crippen molar-refractivity contribution in [2.75, 3.05) is 46.6 Å². The number of hydrogen-bond donors (Lipinski definition) is 1. The Morgan fingerprint density at radius 3 is 2.65 bits per heavy atom. The molecule has 0 saturated carbocycles. The van der Waals surface area contributed by atoms with Crippen molar-refractivity contribution < 1.29 is 23.4 Å². The van der Waals surface area contributed by atoms with E-state index in [-0.39, 0.29) is 12.5 Å². The minimum atomic E-state index is -0.476. The first-order chi connectivity index (χ1) is 21.0. The van der Waals surface area contributed by atoms with Gasteiger partial charge in [0.1, 0.15) is 6.61 Å². The maximum absolute atomic E-state index is 11.7. The van der Waals surface area contributed by atoms with Gasteiger partial charge in [-0.25, -0.2) is 4.79 Å². The Labute approximate surface area is 261 Å². The molecule has 0 fully saturated rings. The van der Waals surface area contributed by atoms with Gasteiger partial charge < -0.3 is 28.8 Å². The normalized spacial score (nSPS) is 14.8. The average molecular weight is 626 g/mol. The van der Waals surface area contributed by atoms with E-state index in [1.807, 2.05) is 48.5 Å². The molecular weight excluding hydrogens is 591 g/mol. The molecule has 1 amide bonds. The van der Waals surface area contributed by atoms with Crippen LogP contribution in [0.1, 0.15) is 34.1 Å². The van der Waals surface area contributed by atoms with Crippen LogP contribution >= 0.6 is 23.2 Å². The van der Waals surface area contributed by atoms with Gasteiger partial charge in [0.25, 0.3) is 0 Å². The Kier molecular flexibility index (Phi) is 11.0. The summed E-state index contributed by atoms with van der Waals surface area (Å²) in [6.07, 6.45) is 0.00958. The zero-order chi connectivity index (χ0) is 30.0. The molecule has 9 nitrogen and oxygen atoms in total. The fourth-order valence-electron chi connectivity index (χ4n) is 4.97. The van der Waals surface area contributed by atoms with Gasteiger partial charge in [0.2, 0.25) is 11.8 Å². The summed E-state index contributed by atoms with van der Waals surface area (Å²) in [6, 6.07) is 21.5. The molecule has 1 atom stereocenters. The van der Waals surface area contributed by atoms with Gasteiger partial charge in [0.15, 0.2) is 0 Å². The first kappa shape index (κ1) is 31.0. The number of nitrogens with zero attached hydrogens (tertiary/aromatic N) is 3. The molecule has 11 heteroatoms. The number of amides is 1. The minimum absolute atomic E-state index is 0.118. The fraction of sp³-hybridized carbons (Fsp3) is 0.344. The van der Waals surface area contributed by atoms with Crippen LogP contribution in [0, 0.1) is 0 Å². The molecule has 43 heavy (non-hydrogen) atoms. The summed E-state index contributed by atoms with van der Waals surface area (Å²) in [5.74, 6) is 1.08. The molecule has 5 rings (SSSR count). The number of fused-ring (bicyclic) bond motifs is 1. The van der Waals surface area contributed by atoms with Crippen molar-refractivity contribution >= 4 is 29.3 Å². The van der Waals surface area contributed by atoms with E-state index >= 15 is 0 Å². The van der Waals surface area contributed by atoms with Crippen LogP contribution in [-0.4, -0.2) is 67.8 Å². The lowest BCUT2D eigenvalue weighted by atomic mass is 9.84. The quantitative estimate of drug-likeness (QED) is 0.178. The lowest BCUT2D eigenvalue weighted by Gasteiger charge is -2.33. The van der Waals surface area contributed by atoms with E-state index in [4.69, 9.17) is 41.8 Å². The van der Waals surface area contributed by atoms with E-state index in [2.05, 4.69) is 39.6 Å². The number of carbonyl (C=O) groups excluding carboxylic acids is 1. The number of likely N-dealkylation sites (N-methyl/N-ethyl adjacent to an activating group) is 1. The van der Waals surface area contributed by atoms with Crippen LogP contribution in [0.15, 0.2) is 71.1 Å². The molecule has 1 aromatic heterocycles. The second-order valence-electron chi connectivity index (χ2n) is 10.3. The number of ether oxygens (including phenoxy) is 3. The number of carbonyl (C=O) groups is 1.